The highest BCUT2D eigenvalue weighted by atomic mass is 16.4. The number of hydrogen-bond donors (Lipinski definition) is 2. The number of rotatable bonds is 3. The Hall–Kier alpha value is -2.50. The number of carbonyl (C=O) groups excluding carboxylic acids is 1. The zero-order chi connectivity index (χ0) is 14.5. The van der Waals surface area contributed by atoms with Gasteiger partial charge in [0.2, 0.25) is 5.91 Å². The van der Waals surface area contributed by atoms with Crippen molar-refractivity contribution in [1.82, 2.24) is 4.90 Å². The smallest absolute Gasteiger partial charge is 0.328 e. The van der Waals surface area contributed by atoms with Crippen LogP contribution in [-0.4, -0.2) is 53.2 Å². The highest BCUT2D eigenvalue weighted by molar-refractivity contribution is 5.94. The highest BCUT2D eigenvalue weighted by Gasteiger charge is 2.19. The summed E-state index contributed by atoms with van der Waals surface area (Å²) in [5, 5.41) is 17.7. The quantitative estimate of drug-likeness (QED) is 0.794. The zero-order valence-electron chi connectivity index (χ0n) is 10.9. The van der Waals surface area contributed by atoms with E-state index in [2.05, 4.69) is 4.90 Å². The number of amides is 1. The van der Waals surface area contributed by atoms with Crippen molar-refractivity contribution in [2.24, 2.45) is 0 Å². The molecule has 106 valence electrons. The van der Waals surface area contributed by atoms with E-state index in [0.29, 0.717) is 26.2 Å². The minimum Gasteiger partial charge on any atom is -0.508 e. The van der Waals surface area contributed by atoms with Crippen LogP contribution in [0.5, 0.6) is 5.75 Å². The first-order chi connectivity index (χ1) is 9.56. The van der Waals surface area contributed by atoms with Gasteiger partial charge in [-0.3, -0.25) is 4.79 Å². The van der Waals surface area contributed by atoms with Gasteiger partial charge in [-0.15, -0.1) is 0 Å². The number of carboxylic acid groups (broad SMARTS) is 1. The van der Waals surface area contributed by atoms with Gasteiger partial charge in [0.25, 0.3) is 0 Å². The van der Waals surface area contributed by atoms with Crippen LogP contribution in [0.15, 0.2) is 36.4 Å². The molecule has 1 aromatic carbocycles. The molecule has 6 heteroatoms. The van der Waals surface area contributed by atoms with Crippen LogP contribution in [0.2, 0.25) is 0 Å². The van der Waals surface area contributed by atoms with E-state index < -0.39 is 5.97 Å². The van der Waals surface area contributed by atoms with Gasteiger partial charge in [-0.1, -0.05) is 0 Å². The Morgan fingerprint density at radius 3 is 2.15 bits per heavy atom. The Morgan fingerprint density at radius 1 is 1.00 bits per heavy atom. The van der Waals surface area contributed by atoms with Crippen molar-refractivity contribution in [2.45, 2.75) is 0 Å². The summed E-state index contributed by atoms with van der Waals surface area (Å²) in [7, 11) is 0. The summed E-state index contributed by atoms with van der Waals surface area (Å²) in [5.41, 5.74) is 0.996. The predicted octanol–water partition coefficient (Wildman–Crippen LogP) is 0.682. The number of aliphatic carboxylic acids is 1. The molecule has 20 heavy (non-hydrogen) atoms. The van der Waals surface area contributed by atoms with Crippen molar-refractivity contribution in [3.8, 4) is 5.75 Å². The Labute approximate surface area is 116 Å². The molecule has 1 fully saturated rings. The van der Waals surface area contributed by atoms with Crippen LogP contribution in [0, 0.1) is 0 Å². The molecule has 0 aliphatic carbocycles. The van der Waals surface area contributed by atoms with Crippen LogP contribution in [0.1, 0.15) is 0 Å². The van der Waals surface area contributed by atoms with E-state index in [1.165, 1.54) is 0 Å². The summed E-state index contributed by atoms with van der Waals surface area (Å²) in [4.78, 5) is 25.8. The molecule has 1 aliphatic rings. The van der Waals surface area contributed by atoms with Gasteiger partial charge >= 0.3 is 5.97 Å². The van der Waals surface area contributed by atoms with Crippen molar-refractivity contribution >= 4 is 17.6 Å². The zero-order valence-corrected chi connectivity index (χ0v) is 10.9. The van der Waals surface area contributed by atoms with E-state index in [-0.39, 0.29) is 11.7 Å². The molecular formula is C14H16N2O4. The number of phenolic OH excluding ortho intramolecular Hbond substituents is 1. The Bertz CT molecular complexity index is 516. The van der Waals surface area contributed by atoms with Crippen molar-refractivity contribution in [3.63, 3.8) is 0 Å². The first kappa shape index (κ1) is 13.9. The lowest BCUT2D eigenvalue weighted by Gasteiger charge is -2.35. The largest absolute Gasteiger partial charge is 0.508 e. The molecule has 1 amide bonds. The molecular weight excluding hydrogens is 260 g/mol. The van der Waals surface area contributed by atoms with Gasteiger partial charge in [-0.2, -0.15) is 0 Å². The van der Waals surface area contributed by atoms with Gasteiger partial charge < -0.3 is 20.0 Å². The third kappa shape index (κ3) is 3.50. The summed E-state index contributed by atoms with van der Waals surface area (Å²) >= 11 is 0. The van der Waals surface area contributed by atoms with E-state index in [0.717, 1.165) is 17.8 Å². The van der Waals surface area contributed by atoms with Crippen LogP contribution in [-0.2, 0) is 9.59 Å². The van der Waals surface area contributed by atoms with Crippen LogP contribution in [0.3, 0.4) is 0 Å². The minimum atomic E-state index is -1.12. The van der Waals surface area contributed by atoms with Gasteiger partial charge in [-0.05, 0) is 24.3 Å². The lowest BCUT2D eigenvalue weighted by atomic mass is 10.2. The van der Waals surface area contributed by atoms with Gasteiger partial charge in [0.15, 0.2) is 0 Å². The van der Waals surface area contributed by atoms with Crippen LogP contribution < -0.4 is 4.90 Å². The van der Waals surface area contributed by atoms with Crippen molar-refractivity contribution < 1.29 is 19.8 Å². The lowest BCUT2D eigenvalue weighted by Crippen LogP contribution is -2.48. The summed E-state index contributed by atoms with van der Waals surface area (Å²) in [6.45, 7) is 2.45. The monoisotopic (exact) mass is 276 g/mol. The van der Waals surface area contributed by atoms with Crippen molar-refractivity contribution in [1.29, 1.82) is 0 Å². The highest BCUT2D eigenvalue weighted by Crippen LogP contribution is 2.19. The molecule has 0 spiro atoms. The van der Waals surface area contributed by atoms with Gasteiger partial charge in [0.1, 0.15) is 5.75 Å². The maximum Gasteiger partial charge on any atom is 0.328 e. The van der Waals surface area contributed by atoms with E-state index in [9.17, 15) is 14.7 Å². The fourth-order valence-electron chi connectivity index (χ4n) is 2.10. The van der Waals surface area contributed by atoms with Crippen LogP contribution >= 0.6 is 0 Å². The Kier molecular flexibility index (Phi) is 4.24. The maximum atomic E-state index is 11.7. The van der Waals surface area contributed by atoms with E-state index in [1.807, 2.05) is 12.1 Å². The predicted molar refractivity (Wildman–Crippen MR) is 73.7 cm³/mol. The van der Waals surface area contributed by atoms with Crippen molar-refractivity contribution in [2.75, 3.05) is 31.1 Å². The molecule has 0 unspecified atom stereocenters. The number of piperazine rings is 1. The van der Waals surface area contributed by atoms with Gasteiger partial charge in [0, 0.05) is 44.0 Å². The average molecular weight is 276 g/mol. The minimum absolute atomic E-state index is 0.223. The lowest BCUT2D eigenvalue weighted by molar-refractivity contribution is -0.132. The third-order valence-electron chi connectivity index (χ3n) is 3.17. The number of benzene rings is 1. The molecule has 1 heterocycles. The average Bonchev–Trinajstić information content (AvgIpc) is 2.46. The second-order valence-electron chi connectivity index (χ2n) is 4.50. The van der Waals surface area contributed by atoms with E-state index in [4.69, 9.17) is 5.11 Å². The van der Waals surface area contributed by atoms with Gasteiger partial charge in [0.05, 0.1) is 0 Å². The summed E-state index contributed by atoms with van der Waals surface area (Å²) in [5.74, 6) is -1.18. The number of aromatic hydroxyl groups is 1. The molecule has 0 radical (unpaired) electrons. The Balaban J connectivity index is 1.90. The summed E-state index contributed by atoms with van der Waals surface area (Å²) < 4.78 is 0. The molecule has 6 nitrogen and oxygen atoms in total. The fraction of sp³-hybridized carbons (Fsp3) is 0.286. The van der Waals surface area contributed by atoms with E-state index >= 15 is 0 Å². The standard InChI is InChI=1S/C14H16N2O4/c17-12-3-1-11(2-4-12)15-7-9-16(10-8-15)13(18)5-6-14(19)20/h1-6,17H,7-10H2,(H,19,20)/b6-5+. The molecule has 2 rings (SSSR count). The topological polar surface area (TPSA) is 81.1 Å². The second-order valence-corrected chi connectivity index (χ2v) is 4.50. The number of nitrogens with zero attached hydrogens (tertiary/aromatic N) is 2. The molecule has 0 aromatic heterocycles. The SMILES string of the molecule is O=C(O)/C=C/C(=O)N1CCN(c2ccc(O)cc2)CC1. The van der Waals surface area contributed by atoms with Crippen LogP contribution in [0.25, 0.3) is 0 Å². The molecule has 0 saturated carbocycles. The molecule has 1 aromatic rings. The summed E-state index contributed by atoms with van der Waals surface area (Å²) in [6.07, 6.45) is 1.94. The maximum absolute atomic E-state index is 11.7. The number of carboxylic acids is 1. The normalized spacial score (nSPS) is 15.6. The fourth-order valence-corrected chi connectivity index (χ4v) is 2.10. The third-order valence-corrected chi connectivity index (χ3v) is 3.17. The number of phenols is 1. The molecule has 2 N–H and O–H groups in total. The molecule has 0 atom stereocenters. The van der Waals surface area contributed by atoms with E-state index in [1.54, 1.807) is 17.0 Å². The number of hydrogen-bond acceptors (Lipinski definition) is 4. The second kappa shape index (κ2) is 6.10. The van der Waals surface area contributed by atoms with Crippen molar-refractivity contribution in [3.05, 3.63) is 36.4 Å². The molecule has 0 bridgehead atoms. The number of anilines is 1. The van der Waals surface area contributed by atoms with Crippen LogP contribution in [0.4, 0.5) is 5.69 Å². The first-order valence-electron chi connectivity index (χ1n) is 6.30. The Morgan fingerprint density at radius 2 is 1.60 bits per heavy atom. The first-order valence-corrected chi connectivity index (χ1v) is 6.30. The number of carbonyl (C=O) groups is 2. The molecule has 1 aliphatic heterocycles. The summed E-state index contributed by atoms with van der Waals surface area (Å²) in [6, 6.07) is 6.92. The molecule has 1 saturated heterocycles. The van der Waals surface area contributed by atoms with Gasteiger partial charge in [-0.25, -0.2) is 4.79 Å².